The van der Waals surface area contributed by atoms with Gasteiger partial charge in [-0.25, -0.2) is 4.57 Å². The predicted octanol–water partition coefficient (Wildman–Crippen LogP) is 26.4. The van der Waals surface area contributed by atoms with Gasteiger partial charge >= 0.3 is 19.8 Å². The molecule has 2 unspecified atom stereocenters. The van der Waals surface area contributed by atoms with Crippen molar-refractivity contribution >= 4 is 19.8 Å². The van der Waals surface area contributed by atoms with E-state index in [1.54, 1.807) is 0 Å². The first-order valence-corrected chi connectivity index (χ1v) is 41.6. The standard InChI is InChI=1S/C80H156NO8P/c1-6-8-10-12-14-16-18-20-22-24-26-28-30-32-33-34-35-36-37-38-39-40-41-42-43-44-45-46-47-49-51-53-55-57-59-61-63-65-67-69-71-73-80(83)89-78(77-88-90(84,85)87-75-74-81(3,4)5)76-86-79(82)72-70-68-66-64-62-60-58-56-54-52-50-48-31-29-27-25-23-21-19-17-15-13-11-9-7-2/h18,20,24,26,78H,6-17,19,21-23,25,27-77H2,1-5H3/p+1/b20-18-,26-24-. The number of allylic oxidation sites excluding steroid dienone is 4. The lowest BCUT2D eigenvalue weighted by molar-refractivity contribution is -0.870. The summed E-state index contributed by atoms with van der Waals surface area (Å²) < 4.78 is 34.8. The van der Waals surface area contributed by atoms with Crippen LogP contribution in [0.25, 0.3) is 0 Å². The van der Waals surface area contributed by atoms with E-state index in [0.29, 0.717) is 17.4 Å². The Bertz CT molecular complexity index is 1560. The highest BCUT2D eigenvalue weighted by atomic mass is 31.2. The third-order valence-electron chi connectivity index (χ3n) is 18.5. The smallest absolute Gasteiger partial charge is 0.462 e. The first-order valence-electron chi connectivity index (χ1n) is 40.1. The number of rotatable bonds is 76. The van der Waals surface area contributed by atoms with Gasteiger partial charge in [0.15, 0.2) is 6.10 Å². The number of carbonyl (C=O) groups excluding carboxylic acids is 2. The number of esters is 2. The molecule has 534 valence electrons. The van der Waals surface area contributed by atoms with Gasteiger partial charge in [-0.1, -0.05) is 391 Å². The number of ether oxygens (including phenoxy) is 2. The van der Waals surface area contributed by atoms with E-state index in [9.17, 15) is 19.0 Å². The zero-order valence-corrected chi connectivity index (χ0v) is 62.1. The molecule has 9 nitrogen and oxygen atoms in total. The van der Waals surface area contributed by atoms with Gasteiger partial charge in [-0.05, 0) is 44.9 Å². The van der Waals surface area contributed by atoms with Gasteiger partial charge in [0.25, 0.3) is 0 Å². The molecule has 2 atom stereocenters. The van der Waals surface area contributed by atoms with Crippen LogP contribution in [-0.4, -0.2) is 74.9 Å². The van der Waals surface area contributed by atoms with E-state index < -0.39 is 26.5 Å². The molecule has 10 heteroatoms. The zero-order valence-electron chi connectivity index (χ0n) is 61.2. The number of quaternary nitrogens is 1. The second-order valence-corrected chi connectivity index (χ2v) is 30.3. The van der Waals surface area contributed by atoms with E-state index in [2.05, 4.69) is 38.2 Å². The van der Waals surface area contributed by atoms with Crippen molar-refractivity contribution in [3.8, 4) is 0 Å². The number of hydrogen-bond acceptors (Lipinski definition) is 7. The van der Waals surface area contributed by atoms with Crippen LogP contribution < -0.4 is 0 Å². The normalized spacial score (nSPS) is 13.1. The maximum atomic E-state index is 12.9. The molecule has 0 aliphatic rings. The van der Waals surface area contributed by atoms with Gasteiger partial charge in [-0.15, -0.1) is 0 Å². The van der Waals surface area contributed by atoms with E-state index in [-0.39, 0.29) is 25.6 Å². The van der Waals surface area contributed by atoms with Gasteiger partial charge in [-0.3, -0.25) is 18.6 Å². The molecule has 1 N–H and O–H groups in total. The third-order valence-corrected chi connectivity index (χ3v) is 19.5. The monoisotopic (exact) mass is 1290 g/mol. The van der Waals surface area contributed by atoms with Crippen LogP contribution in [0.2, 0.25) is 0 Å². The molecule has 0 aliphatic heterocycles. The average molecular weight is 1290 g/mol. The van der Waals surface area contributed by atoms with Crippen molar-refractivity contribution in [3.05, 3.63) is 24.3 Å². The summed E-state index contributed by atoms with van der Waals surface area (Å²) in [5.74, 6) is -0.768. The lowest BCUT2D eigenvalue weighted by atomic mass is 10.0. The molecule has 0 aromatic carbocycles. The van der Waals surface area contributed by atoms with Gasteiger partial charge in [-0.2, -0.15) is 0 Å². The molecule has 90 heavy (non-hydrogen) atoms. The summed E-state index contributed by atoms with van der Waals surface area (Å²) >= 11 is 0. The van der Waals surface area contributed by atoms with Crippen LogP contribution >= 0.6 is 7.82 Å². The van der Waals surface area contributed by atoms with Crippen LogP contribution in [0.1, 0.15) is 425 Å². The fraction of sp³-hybridized carbons (Fsp3) is 0.925. The molecule has 0 aliphatic carbocycles. The molecule has 0 aromatic heterocycles. The van der Waals surface area contributed by atoms with E-state index in [1.165, 1.54) is 353 Å². The average Bonchev–Trinajstić information content (AvgIpc) is 3.62. The summed E-state index contributed by atoms with van der Waals surface area (Å²) in [6.07, 6.45) is 92.0. The third kappa shape index (κ3) is 75.5. The molecule has 0 rings (SSSR count). The minimum Gasteiger partial charge on any atom is -0.462 e. The number of unbranched alkanes of at least 4 members (excludes halogenated alkanes) is 58. The summed E-state index contributed by atoms with van der Waals surface area (Å²) in [4.78, 5) is 35.9. The summed E-state index contributed by atoms with van der Waals surface area (Å²) in [5, 5.41) is 0. The molecule has 0 fully saturated rings. The molecule has 0 amide bonds. The van der Waals surface area contributed by atoms with Crippen LogP contribution in [0.5, 0.6) is 0 Å². The van der Waals surface area contributed by atoms with Crippen LogP contribution in [0, 0.1) is 0 Å². The molecule has 0 spiro atoms. The number of phosphoric ester groups is 1. The first kappa shape index (κ1) is 88.5. The highest BCUT2D eigenvalue weighted by molar-refractivity contribution is 7.47. The summed E-state index contributed by atoms with van der Waals surface area (Å²) in [5.41, 5.74) is 0. The van der Waals surface area contributed by atoms with E-state index >= 15 is 0 Å². The van der Waals surface area contributed by atoms with Gasteiger partial charge < -0.3 is 18.9 Å². The topological polar surface area (TPSA) is 108 Å². The maximum absolute atomic E-state index is 12.9. The zero-order chi connectivity index (χ0) is 65.5. The summed E-state index contributed by atoms with van der Waals surface area (Å²) in [7, 11) is 1.51. The van der Waals surface area contributed by atoms with Gasteiger partial charge in [0.05, 0.1) is 27.7 Å². The lowest BCUT2D eigenvalue weighted by Crippen LogP contribution is -2.37. The highest BCUT2D eigenvalue weighted by Gasteiger charge is 2.27. The Hall–Kier alpha value is -1.51. The van der Waals surface area contributed by atoms with Crippen LogP contribution in [0.15, 0.2) is 24.3 Å². The molecule has 0 aromatic rings. The Labute approximate surface area is 561 Å². The number of carbonyl (C=O) groups is 2. The van der Waals surface area contributed by atoms with Crippen LogP contribution in [-0.2, 0) is 32.7 Å². The number of likely N-dealkylation sites (N-methyl/N-ethyl adjacent to an activating group) is 1. The molecular formula is C80H157NO8P+. The van der Waals surface area contributed by atoms with E-state index in [1.807, 2.05) is 21.1 Å². The fourth-order valence-electron chi connectivity index (χ4n) is 12.3. The Balaban J connectivity index is 3.86. The Morgan fingerprint density at radius 1 is 0.344 bits per heavy atom. The molecule has 0 saturated heterocycles. The first-order chi connectivity index (χ1) is 44.0. The van der Waals surface area contributed by atoms with Crippen molar-refractivity contribution in [2.45, 2.75) is 431 Å². The quantitative estimate of drug-likeness (QED) is 0.0211. The lowest BCUT2D eigenvalue weighted by Gasteiger charge is -2.24. The maximum Gasteiger partial charge on any atom is 0.472 e. The largest absolute Gasteiger partial charge is 0.472 e. The molecular weight excluding hydrogens is 1130 g/mol. The second kappa shape index (κ2) is 71.8. The number of hydrogen-bond donors (Lipinski definition) is 1. The molecule has 0 heterocycles. The molecule has 0 saturated carbocycles. The summed E-state index contributed by atoms with van der Waals surface area (Å²) in [6, 6.07) is 0. The van der Waals surface area contributed by atoms with Crippen molar-refractivity contribution in [1.82, 2.24) is 0 Å². The van der Waals surface area contributed by atoms with Crippen molar-refractivity contribution < 1.29 is 42.1 Å². The van der Waals surface area contributed by atoms with Gasteiger partial charge in [0.1, 0.15) is 19.8 Å². The fourth-order valence-corrected chi connectivity index (χ4v) is 13.1. The summed E-state index contributed by atoms with van der Waals surface area (Å²) in [6.45, 7) is 4.52. The van der Waals surface area contributed by atoms with Gasteiger partial charge in [0, 0.05) is 12.8 Å². The SMILES string of the molecule is CCCCCCC/C=C\C/C=C\CCCCCCCCCCCCCCCCCCCCCCCCCCCCCCCC(=O)OC(COC(=O)CCCCCCCCCCCCCCCCCCCCCCCCCCC)COP(=O)(O)OCC[N+](C)(C)C. The molecule has 0 bridgehead atoms. The van der Waals surface area contributed by atoms with Crippen molar-refractivity contribution in [2.75, 3.05) is 47.5 Å². The van der Waals surface area contributed by atoms with Crippen molar-refractivity contribution in [2.24, 2.45) is 0 Å². The van der Waals surface area contributed by atoms with Crippen molar-refractivity contribution in [1.29, 1.82) is 0 Å². The Kier molecular flexibility index (Phi) is 70.6. The minimum atomic E-state index is -4.39. The van der Waals surface area contributed by atoms with Crippen LogP contribution in [0.4, 0.5) is 0 Å². The van der Waals surface area contributed by atoms with E-state index in [0.717, 1.165) is 44.9 Å². The Morgan fingerprint density at radius 2 is 0.600 bits per heavy atom. The van der Waals surface area contributed by atoms with Gasteiger partial charge in [0.2, 0.25) is 0 Å². The molecule has 0 radical (unpaired) electrons. The highest BCUT2D eigenvalue weighted by Crippen LogP contribution is 2.43. The predicted molar refractivity (Wildman–Crippen MR) is 391 cm³/mol. The number of nitrogens with zero attached hydrogens (tertiary/aromatic N) is 1. The van der Waals surface area contributed by atoms with Crippen LogP contribution in [0.3, 0.4) is 0 Å². The van der Waals surface area contributed by atoms with E-state index in [4.69, 9.17) is 18.5 Å². The number of phosphoric acid groups is 1. The second-order valence-electron chi connectivity index (χ2n) is 28.8. The van der Waals surface area contributed by atoms with Crippen molar-refractivity contribution in [3.63, 3.8) is 0 Å². The Morgan fingerprint density at radius 3 is 0.878 bits per heavy atom. The minimum absolute atomic E-state index is 0.0367.